The average Bonchev–Trinajstić information content (AvgIpc) is 3.01. The van der Waals surface area contributed by atoms with Crippen molar-refractivity contribution in [1.82, 2.24) is 10.2 Å². The topological polar surface area (TPSA) is 66.7 Å². The number of aromatic nitrogens is 2. The summed E-state index contributed by atoms with van der Waals surface area (Å²) in [6, 6.07) is 18.1. The van der Waals surface area contributed by atoms with Gasteiger partial charge in [0.2, 0.25) is 0 Å². The Labute approximate surface area is 117 Å². The molecule has 0 aliphatic rings. The first kappa shape index (κ1) is 12.3. The van der Waals surface area contributed by atoms with Crippen LogP contribution in [0.4, 0.5) is 11.4 Å². The monoisotopic (exact) mass is 264 g/mol. The summed E-state index contributed by atoms with van der Waals surface area (Å²) in [6.07, 6.45) is 1.75. The van der Waals surface area contributed by atoms with E-state index in [-0.39, 0.29) is 0 Å². The van der Waals surface area contributed by atoms with E-state index in [1.165, 1.54) is 0 Å². The van der Waals surface area contributed by atoms with E-state index in [1.54, 1.807) is 6.20 Å². The quantitative estimate of drug-likeness (QED) is 0.633. The summed E-state index contributed by atoms with van der Waals surface area (Å²) >= 11 is 0. The molecule has 0 atom stereocenters. The predicted molar refractivity (Wildman–Crippen MR) is 82.2 cm³/mol. The minimum absolute atomic E-state index is 0.718. The van der Waals surface area contributed by atoms with E-state index in [1.807, 2.05) is 30.3 Å². The van der Waals surface area contributed by atoms with Gasteiger partial charge >= 0.3 is 0 Å². The molecule has 0 radical (unpaired) electrons. The zero-order valence-electron chi connectivity index (χ0n) is 11.0. The molecular weight excluding hydrogens is 248 g/mol. The molecule has 0 bridgehead atoms. The fraction of sp³-hybridized carbons (Fsp3) is 0.0625. The second-order valence-corrected chi connectivity index (χ2v) is 4.60. The normalized spacial score (nSPS) is 10.4. The Bertz CT molecular complexity index is 672. The third-order valence-corrected chi connectivity index (χ3v) is 3.23. The molecule has 100 valence electrons. The number of hydrogen-bond donors (Lipinski definition) is 3. The lowest BCUT2D eigenvalue weighted by atomic mass is 10.1. The van der Waals surface area contributed by atoms with Gasteiger partial charge in [0.15, 0.2) is 0 Å². The third-order valence-electron chi connectivity index (χ3n) is 3.23. The molecule has 3 aromatic rings. The van der Waals surface area contributed by atoms with E-state index in [9.17, 15) is 0 Å². The van der Waals surface area contributed by atoms with Gasteiger partial charge < -0.3 is 11.1 Å². The highest BCUT2D eigenvalue weighted by atomic mass is 15.1. The van der Waals surface area contributed by atoms with Crippen molar-refractivity contribution in [3.63, 3.8) is 0 Å². The Kier molecular flexibility index (Phi) is 3.37. The number of para-hydroxylation sites is 1. The van der Waals surface area contributed by atoms with Crippen LogP contribution in [0.15, 0.2) is 60.8 Å². The van der Waals surface area contributed by atoms with Crippen LogP contribution >= 0.6 is 0 Å². The van der Waals surface area contributed by atoms with Gasteiger partial charge in [0, 0.05) is 24.1 Å². The summed E-state index contributed by atoms with van der Waals surface area (Å²) in [4.78, 5) is 0. The third kappa shape index (κ3) is 2.64. The van der Waals surface area contributed by atoms with Gasteiger partial charge in [0.25, 0.3) is 0 Å². The smallest absolute Gasteiger partial charge is 0.0650 e. The molecule has 1 aromatic heterocycles. The highest BCUT2D eigenvalue weighted by Gasteiger charge is 2.00. The summed E-state index contributed by atoms with van der Waals surface area (Å²) in [6.45, 7) is 0.718. The lowest BCUT2D eigenvalue weighted by Gasteiger charge is -2.09. The molecule has 0 saturated carbocycles. The van der Waals surface area contributed by atoms with Crippen LogP contribution in [0.3, 0.4) is 0 Å². The minimum atomic E-state index is 0.718. The van der Waals surface area contributed by atoms with E-state index in [0.717, 1.165) is 34.7 Å². The van der Waals surface area contributed by atoms with E-state index in [4.69, 9.17) is 5.73 Å². The molecule has 0 saturated heterocycles. The van der Waals surface area contributed by atoms with Gasteiger partial charge in [-0.05, 0) is 35.4 Å². The van der Waals surface area contributed by atoms with Crippen molar-refractivity contribution in [1.29, 1.82) is 0 Å². The largest absolute Gasteiger partial charge is 0.398 e. The molecule has 4 N–H and O–H groups in total. The molecule has 0 fully saturated rings. The highest BCUT2D eigenvalue weighted by Crippen LogP contribution is 2.20. The van der Waals surface area contributed by atoms with E-state index < -0.39 is 0 Å². The summed E-state index contributed by atoms with van der Waals surface area (Å²) in [7, 11) is 0. The number of aromatic amines is 1. The summed E-state index contributed by atoms with van der Waals surface area (Å²) < 4.78 is 0. The maximum absolute atomic E-state index is 5.92. The molecule has 3 rings (SSSR count). The van der Waals surface area contributed by atoms with Crippen LogP contribution in [-0.4, -0.2) is 10.2 Å². The van der Waals surface area contributed by atoms with Crippen molar-refractivity contribution in [2.24, 2.45) is 0 Å². The lowest BCUT2D eigenvalue weighted by molar-refractivity contribution is 1.09. The number of benzene rings is 2. The molecule has 0 aliphatic carbocycles. The van der Waals surface area contributed by atoms with Gasteiger partial charge in [-0.1, -0.05) is 30.3 Å². The number of nitrogen functional groups attached to an aromatic ring is 1. The average molecular weight is 264 g/mol. The zero-order valence-corrected chi connectivity index (χ0v) is 11.0. The van der Waals surface area contributed by atoms with Gasteiger partial charge in [-0.25, -0.2) is 0 Å². The fourth-order valence-electron chi connectivity index (χ4n) is 2.08. The van der Waals surface area contributed by atoms with Crippen LogP contribution in [0.1, 0.15) is 5.56 Å². The van der Waals surface area contributed by atoms with Crippen LogP contribution in [0.5, 0.6) is 0 Å². The Balaban J connectivity index is 1.68. The molecule has 2 aromatic carbocycles. The van der Waals surface area contributed by atoms with Crippen LogP contribution in [0.2, 0.25) is 0 Å². The number of rotatable bonds is 4. The molecule has 0 spiro atoms. The summed E-state index contributed by atoms with van der Waals surface area (Å²) in [5.41, 5.74) is 11.0. The van der Waals surface area contributed by atoms with Crippen molar-refractivity contribution in [2.75, 3.05) is 11.1 Å². The molecule has 0 amide bonds. The Hall–Kier alpha value is -2.75. The number of anilines is 2. The Morgan fingerprint density at radius 1 is 1.00 bits per heavy atom. The minimum Gasteiger partial charge on any atom is -0.398 e. The number of nitrogens with two attached hydrogens (primary N) is 1. The van der Waals surface area contributed by atoms with Crippen molar-refractivity contribution in [3.8, 4) is 11.3 Å². The van der Waals surface area contributed by atoms with E-state index in [0.29, 0.717) is 0 Å². The molecular formula is C16H16N4. The first-order chi connectivity index (χ1) is 9.83. The molecule has 4 heteroatoms. The van der Waals surface area contributed by atoms with E-state index in [2.05, 4.69) is 39.8 Å². The maximum atomic E-state index is 5.92. The first-order valence-corrected chi connectivity index (χ1v) is 6.50. The van der Waals surface area contributed by atoms with Crippen molar-refractivity contribution < 1.29 is 0 Å². The molecule has 4 nitrogen and oxygen atoms in total. The summed E-state index contributed by atoms with van der Waals surface area (Å²) in [5.74, 6) is 0. The molecule has 0 aliphatic heterocycles. The standard InChI is InChI=1S/C16H16N4/c17-15-4-2-1-3-13(15)11-18-14-7-5-12(6-8-14)16-9-10-19-20-16/h1-10,18H,11,17H2,(H,19,20). The first-order valence-electron chi connectivity index (χ1n) is 6.50. The van der Waals surface area contributed by atoms with Gasteiger partial charge in [0.1, 0.15) is 0 Å². The fourth-order valence-corrected chi connectivity index (χ4v) is 2.08. The van der Waals surface area contributed by atoms with Gasteiger partial charge in [-0.2, -0.15) is 5.10 Å². The van der Waals surface area contributed by atoms with Crippen molar-refractivity contribution >= 4 is 11.4 Å². The number of H-pyrrole nitrogens is 1. The number of nitrogens with zero attached hydrogens (tertiary/aromatic N) is 1. The molecule has 1 heterocycles. The SMILES string of the molecule is Nc1ccccc1CNc1ccc(-c2ccn[nH]2)cc1. The van der Waals surface area contributed by atoms with Crippen LogP contribution in [0, 0.1) is 0 Å². The predicted octanol–water partition coefficient (Wildman–Crippen LogP) is 3.27. The Morgan fingerprint density at radius 3 is 2.50 bits per heavy atom. The van der Waals surface area contributed by atoms with Crippen molar-refractivity contribution in [3.05, 3.63) is 66.4 Å². The number of hydrogen-bond acceptors (Lipinski definition) is 3. The molecule has 20 heavy (non-hydrogen) atoms. The second kappa shape index (κ2) is 5.48. The zero-order chi connectivity index (χ0) is 13.8. The second-order valence-electron chi connectivity index (χ2n) is 4.60. The maximum Gasteiger partial charge on any atom is 0.0650 e. The summed E-state index contributed by atoms with van der Waals surface area (Å²) in [5, 5.41) is 10.3. The van der Waals surface area contributed by atoms with Gasteiger partial charge in [-0.15, -0.1) is 0 Å². The van der Waals surface area contributed by atoms with Crippen LogP contribution < -0.4 is 11.1 Å². The number of nitrogens with one attached hydrogen (secondary N) is 2. The Morgan fingerprint density at radius 2 is 1.80 bits per heavy atom. The molecule has 0 unspecified atom stereocenters. The van der Waals surface area contributed by atoms with Crippen LogP contribution in [0.25, 0.3) is 11.3 Å². The van der Waals surface area contributed by atoms with Crippen molar-refractivity contribution in [2.45, 2.75) is 6.54 Å². The van der Waals surface area contributed by atoms with Gasteiger partial charge in [0.05, 0.1) is 5.69 Å². The van der Waals surface area contributed by atoms with E-state index >= 15 is 0 Å². The van der Waals surface area contributed by atoms with Gasteiger partial charge in [-0.3, -0.25) is 5.10 Å². The van der Waals surface area contributed by atoms with Crippen LogP contribution in [-0.2, 0) is 6.54 Å². The highest BCUT2D eigenvalue weighted by molar-refractivity contribution is 5.62. The lowest BCUT2D eigenvalue weighted by Crippen LogP contribution is -2.02.